The van der Waals surface area contributed by atoms with Gasteiger partial charge in [0.25, 0.3) is 5.91 Å². The summed E-state index contributed by atoms with van der Waals surface area (Å²) >= 11 is 5.60. The molecule has 2 amide bonds. The van der Waals surface area contributed by atoms with E-state index >= 15 is 0 Å². The van der Waals surface area contributed by atoms with Gasteiger partial charge in [-0.15, -0.1) is 11.6 Å². The molecule has 6 N–H and O–H groups in total. The van der Waals surface area contributed by atoms with Gasteiger partial charge in [-0.05, 0) is 36.0 Å². The van der Waals surface area contributed by atoms with Crippen molar-refractivity contribution in [2.45, 2.75) is 25.4 Å². The van der Waals surface area contributed by atoms with Crippen LogP contribution in [0.3, 0.4) is 0 Å². The first-order valence-corrected chi connectivity index (χ1v) is 10.4. The van der Waals surface area contributed by atoms with Crippen molar-refractivity contribution >= 4 is 41.8 Å². The second-order valence-electron chi connectivity index (χ2n) is 6.87. The number of nitrogens with one attached hydrogen (secondary N) is 2. The smallest absolute Gasteiger partial charge is 0.423 e. The summed E-state index contributed by atoms with van der Waals surface area (Å²) in [4.78, 5) is 29.5. The number of halogens is 1. The molecule has 2 rings (SSSR count). The first-order chi connectivity index (χ1) is 14.9. The average molecular weight is 445 g/mol. The molecule has 0 spiro atoms. The molecule has 164 valence electrons. The molecule has 1 atom stereocenters. The normalized spacial score (nSPS) is 12.2. The Labute approximate surface area is 186 Å². The standard InChI is InChI=1S/C21H26BClN4O4/c23-13-19(24)25-12-4-7-18(21(29)26-14-15-5-2-1-3-6-15)27-20(28)16-8-10-17(11-9-16)22(30)31/h1-3,5-6,8-11,18,30-31H,4,7,12-14H2,(H2,24,25)(H,26,29)(H,27,28)/t18-/m0/s1. The van der Waals surface area contributed by atoms with Crippen LogP contribution in [0.15, 0.2) is 59.6 Å². The quantitative estimate of drug-likeness (QED) is 0.110. The molecule has 0 heterocycles. The van der Waals surface area contributed by atoms with E-state index in [0.717, 1.165) is 5.56 Å². The minimum atomic E-state index is -1.62. The second-order valence-corrected chi connectivity index (χ2v) is 7.14. The van der Waals surface area contributed by atoms with Crippen molar-refractivity contribution in [3.63, 3.8) is 0 Å². The van der Waals surface area contributed by atoms with Gasteiger partial charge in [-0.1, -0.05) is 42.5 Å². The maximum absolute atomic E-state index is 12.7. The van der Waals surface area contributed by atoms with Gasteiger partial charge >= 0.3 is 7.12 Å². The van der Waals surface area contributed by atoms with E-state index in [2.05, 4.69) is 15.6 Å². The summed E-state index contributed by atoms with van der Waals surface area (Å²) in [6.07, 6.45) is 0.885. The number of amides is 2. The lowest BCUT2D eigenvalue weighted by Gasteiger charge is -2.18. The summed E-state index contributed by atoms with van der Waals surface area (Å²) in [5, 5.41) is 23.9. The van der Waals surface area contributed by atoms with Crippen LogP contribution in [-0.4, -0.2) is 53.3 Å². The topological polar surface area (TPSA) is 137 Å². The number of rotatable bonds is 11. The van der Waals surface area contributed by atoms with Gasteiger partial charge in [0, 0.05) is 18.7 Å². The molecular weight excluding hydrogens is 419 g/mol. The molecule has 2 aromatic carbocycles. The van der Waals surface area contributed by atoms with Crippen molar-refractivity contribution in [1.82, 2.24) is 10.6 Å². The van der Waals surface area contributed by atoms with Crippen LogP contribution in [0.25, 0.3) is 0 Å². The van der Waals surface area contributed by atoms with Crippen molar-refractivity contribution in [2.75, 3.05) is 12.4 Å². The number of nitrogens with two attached hydrogens (primary N) is 1. The molecule has 31 heavy (non-hydrogen) atoms. The molecule has 0 saturated carbocycles. The molecule has 10 heteroatoms. The maximum Gasteiger partial charge on any atom is 0.488 e. The van der Waals surface area contributed by atoms with Crippen LogP contribution in [0.5, 0.6) is 0 Å². The Morgan fingerprint density at radius 2 is 1.77 bits per heavy atom. The van der Waals surface area contributed by atoms with E-state index in [1.807, 2.05) is 30.3 Å². The zero-order valence-corrected chi connectivity index (χ0v) is 17.8. The van der Waals surface area contributed by atoms with Crippen LogP contribution in [0.4, 0.5) is 0 Å². The lowest BCUT2D eigenvalue weighted by molar-refractivity contribution is -0.123. The molecule has 8 nitrogen and oxygen atoms in total. The third-order valence-corrected chi connectivity index (χ3v) is 4.78. The number of carbonyl (C=O) groups is 2. The fourth-order valence-corrected chi connectivity index (χ4v) is 2.87. The summed E-state index contributed by atoms with van der Waals surface area (Å²) in [7, 11) is -1.62. The van der Waals surface area contributed by atoms with Crippen molar-refractivity contribution in [3.05, 3.63) is 65.7 Å². The minimum Gasteiger partial charge on any atom is -0.423 e. The monoisotopic (exact) mass is 444 g/mol. The number of aliphatic imine (C=N–C) groups is 1. The van der Waals surface area contributed by atoms with Gasteiger partial charge < -0.3 is 26.4 Å². The van der Waals surface area contributed by atoms with Gasteiger partial charge in [0.05, 0.1) is 5.88 Å². The Hall–Kier alpha value is -2.88. The molecule has 0 aromatic heterocycles. The molecule has 0 bridgehead atoms. The van der Waals surface area contributed by atoms with E-state index in [9.17, 15) is 19.6 Å². The molecular formula is C21H26BClN4O4. The number of alkyl halides is 1. The number of hydrogen-bond acceptors (Lipinski definition) is 5. The van der Waals surface area contributed by atoms with Crippen molar-refractivity contribution in [1.29, 1.82) is 0 Å². The summed E-state index contributed by atoms with van der Waals surface area (Å²) in [6.45, 7) is 0.729. The van der Waals surface area contributed by atoms with Crippen molar-refractivity contribution in [2.24, 2.45) is 10.7 Å². The summed E-state index contributed by atoms with van der Waals surface area (Å²) in [6, 6.07) is 14.5. The predicted molar refractivity (Wildman–Crippen MR) is 122 cm³/mol. The number of amidine groups is 1. The van der Waals surface area contributed by atoms with Crippen LogP contribution >= 0.6 is 11.6 Å². The second kappa shape index (κ2) is 12.7. The Morgan fingerprint density at radius 3 is 2.39 bits per heavy atom. The van der Waals surface area contributed by atoms with Gasteiger partial charge in [-0.3, -0.25) is 14.6 Å². The van der Waals surface area contributed by atoms with E-state index in [0.29, 0.717) is 37.3 Å². The third kappa shape index (κ3) is 8.41. The lowest BCUT2D eigenvalue weighted by Crippen LogP contribution is -2.46. The molecule has 0 radical (unpaired) electrons. The molecule has 2 aromatic rings. The minimum absolute atomic E-state index is 0.135. The SMILES string of the molecule is NC(CCl)=NCCC[C@H](NC(=O)c1ccc(B(O)O)cc1)C(=O)NCc1ccccc1. The highest BCUT2D eigenvalue weighted by Crippen LogP contribution is 2.05. The Balaban J connectivity index is 2.02. The largest absolute Gasteiger partial charge is 0.488 e. The van der Waals surface area contributed by atoms with Gasteiger partial charge in [0.2, 0.25) is 5.91 Å². The van der Waals surface area contributed by atoms with Crippen molar-refractivity contribution in [3.8, 4) is 0 Å². The summed E-state index contributed by atoms with van der Waals surface area (Å²) in [5.41, 5.74) is 7.10. The van der Waals surface area contributed by atoms with Gasteiger partial charge in [-0.25, -0.2) is 0 Å². The van der Waals surface area contributed by atoms with Crippen molar-refractivity contribution < 1.29 is 19.6 Å². The van der Waals surface area contributed by atoms with Gasteiger partial charge in [-0.2, -0.15) is 0 Å². The van der Waals surface area contributed by atoms with Gasteiger partial charge in [0.15, 0.2) is 0 Å². The van der Waals surface area contributed by atoms with E-state index in [-0.39, 0.29) is 17.2 Å². The highest BCUT2D eigenvalue weighted by molar-refractivity contribution is 6.58. The molecule has 0 aliphatic rings. The summed E-state index contributed by atoms with van der Waals surface area (Å²) in [5.74, 6) is -0.297. The fourth-order valence-electron chi connectivity index (χ4n) is 2.79. The van der Waals surface area contributed by atoms with Crippen LogP contribution in [0, 0.1) is 0 Å². The van der Waals surface area contributed by atoms with E-state index in [4.69, 9.17) is 17.3 Å². The fraction of sp³-hybridized carbons (Fsp3) is 0.286. The average Bonchev–Trinajstić information content (AvgIpc) is 2.79. The number of nitrogens with zero attached hydrogens (tertiary/aromatic N) is 1. The number of benzene rings is 2. The number of hydrogen-bond donors (Lipinski definition) is 5. The first-order valence-electron chi connectivity index (χ1n) is 9.84. The van der Waals surface area contributed by atoms with E-state index < -0.39 is 19.1 Å². The summed E-state index contributed by atoms with van der Waals surface area (Å²) < 4.78 is 0. The number of carbonyl (C=O) groups excluding carboxylic acids is 2. The third-order valence-electron chi connectivity index (χ3n) is 4.51. The molecule has 0 aliphatic heterocycles. The van der Waals surface area contributed by atoms with Crippen LogP contribution in [0.1, 0.15) is 28.8 Å². The first kappa shape index (κ1) is 24.4. The highest BCUT2D eigenvalue weighted by Gasteiger charge is 2.21. The lowest BCUT2D eigenvalue weighted by atomic mass is 9.80. The Bertz CT molecular complexity index is 879. The Kier molecular flexibility index (Phi) is 10.0. The molecule has 0 fully saturated rings. The highest BCUT2D eigenvalue weighted by atomic mass is 35.5. The van der Waals surface area contributed by atoms with Gasteiger partial charge in [0.1, 0.15) is 11.9 Å². The molecule has 0 unspecified atom stereocenters. The van der Waals surface area contributed by atoms with E-state index in [1.54, 1.807) is 0 Å². The van der Waals surface area contributed by atoms with E-state index in [1.165, 1.54) is 24.3 Å². The zero-order chi connectivity index (χ0) is 22.6. The van der Waals surface area contributed by atoms with Crippen LogP contribution in [-0.2, 0) is 11.3 Å². The van der Waals surface area contributed by atoms with Crippen LogP contribution in [0.2, 0.25) is 0 Å². The Morgan fingerprint density at radius 1 is 1.10 bits per heavy atom. The van der Waals surface area contributed by atoms with Crippen LogP contribution < -0.4 is 21.8 Å². The maximum atomic E-state index is 12.7. The molecule has 0 aliphatic carbocycles. The molecule has 0 saturated heterocycles. The predicted octanol–water partition coefficient (Wildman–Crippen LogP) is 0.157. The zero-order valence-electron chi connectivity index (χ0n) is 17.0.